The van der Waals surface area contributed by atoms with Gasteiger partial charge in [0.15, 0.2) is 0 Å². The molecule has 146 valence electrons. The number of nitrogens with one attached hydrogen (secondary N) is 2. The smallest absolute Gasteiger partial charge is 0.370 e. The van der Waals surface area contributed by atoms with Gasteiger partial charge in [-0.05, 0) is 17.7 Å². The maximum Gasteiger partial charge on any atom is 0.428 e. The summed E-state index contributed by atoms with van der Waals surface area (Å²) in [5.41, 5.74) is 0.845. The minimum Gasteiger partial charge on any atom is -0.370 e. The molecule has 27 heavy (non-hydrogen) atoms. The molecule has 2 aromatic rings. The van der Waals surface area contributed by atoms with Crippen LogP contribution in [0.15, 0.2) is 53.3 Å². The van der Waals surface area contributed by atoms with Crippen molar-refractivity contribution in [2.75, 3.05) is 0 Å². The normalized spacial score (nSPS) is 15.6. The molecule has 11 heteroatoms. The molecule has 0 spiro atoms. The maximum absolute atomic E-state index is 12.9. The number of aliphatic hydroxyl groups excluding tert-OH is 1. The summed E-state index contributed by atoms with van der Waals surface area (Å²) in [7, 11) is -4.26. The summed E-state index contributed by atoms with van der Waals surface area (Å²) in [6, 6.07) is 12.9. The number of halogens is 5. The highest BCUT2D eigenvalue weighted by molar-refractivity contribution is 7.58. The van der Waals surface area contributed by atoms with Crippen molar-refractivity contribution in [3.8, 4) is 0 Å². The van der Waals surface area contributed by atoms with E-state index in [2.05, 4.69) is 9.85 Å². The second-order valence-electron chi connectivity index (χ2n) is 5.34. The first-order valence-electron chi connectivity index (χ1n) is 7.52. The van der Waals surface area contributed by atoms with E-state index in [1.54, 1.807) is 53.6 Å². The molecule has 2 unspecified atom stereocenters. The number of alkyl halides is 3. The van der Waals surface area contributed by atoms with Gasteiger partial charge in [-0.25, -0.2) is 14.9 Å². The van der Waals surface area contributed by atoms with Gasteiger partial charge in [-0.2, -0.15) is 13.2 Å². The van der Waals surface area contributed by atoms with E-state index in [0.29, 0.717) is 16.1 Å². The van der Waals surface area contributed by atoms with E-state index in [0.717, 1.165) is 6.21 Å². The fraction of sp³-hybridized carbons (Fsp3) is 0.188. The van der Waals surface area contributed by atoms with Crippen molar-refractivity contribution in [1.82, 2.24) is 10.2 Å². The van der Waals surface area contributed by atoms with Crippen LogP contribution in [-0.2, 0) is 11.1 Å². The minimum atomic E-state index is -5.03. The Labute approximate surface area is 163 Å². The predicted octanol–water partition coefficient (Wildman–Crippen LogP) is 4.78. The molecule has 5 nitrogen and oxygen atoms in total. The van der Waals surface area contributed by atoms with Crippen molar-refractivity contribution in [2.24, 2.45) is 4.76 Å². The molecule has 0 aliphatic rings. The third-order valence-corrected chi connectivity index (χ3v) is 5.65. The summed E-state index contributed by atoms with van der Waals surface area (Å²) in [5, 5.41) is 13.9. The zero-order chi connectivity index (χ0) is 20.1. The third-order valence-electron chi connectivity index (χ3n) is 3.31. The Bertz CT molecular complexity index is 865. The van der Waals surface area contributed by atoms with Gasteiger partial charge < -0.3 is 5.11 Å². The molecule has 0 fully saturated rings. The highest BCUT2D eigenvalue weighted by atomic mass is 35.5. The van der Waals surface area contributed by atoms with Gasteiger partial charge in [0, 0.05) is 28.4 Å². The molecular formula is C16H15Cl2F3N3O2P. The Hall–Kier alpha value is -1.41. The molecule has 3 N–H and O–H groups in total. The molecule has 0 saturated heterocycles. The predicted molar refractivity (Wildman–Crippen MR) is 100 cm³/mol. The average molecular weight is 440 g/mol. The van der Waals surface area contributed by atoms with E-state index in [1.165, 1.54) is 0 Å². The monoisotopic (exact) mass is 439 g/mol. The van der Waals surface area contributed by atoms with Crippen molar-refractivity contribution in [1.29, 1.82) is 0 Å². The number of aliphatic hydroxyl groups is 1. The van der Waals surface area contributed by atoms with E-state index in [-0.39, 0.29) is 11.6 Å². The molecule has 0 radical (unpaired) electrons. The van der Waals surface area contributed by atoms with Crippen LogP contribution in [-0.4, -0.2) is 23.7 Å². The van der Waals surface area contributed by atoms with Crippen LogP contribution in [0.2, 0.25) is 10.0 Å². The molecule has 0 aromatic heterocycles. The summed E-state index contributed by atoms with van der Waals surface area (Å²) in [5.74, 6) is 0. The van der Waals surface area contributed by atoms with Gasteiger partial charge in [0.1, 0.15) is 0 Å². The molecule has 0 amide bonds. The van der Waals surface area contributed by atoms with E-state index in [9.17, 15) is 22.8 Å². The zero-order valence-electron chi connectivity index (χ0n) is 13.6. The number of hydrogen-bond acceptors (Lipinski definition) is 2. The zero-order valence-corrected chi connectivity index (χ0v) is 16.0. The standard InChI is InChI=1S/C16H15Cl2F3N3O2P/c17-13-7-3-1-5-11(13)9-22-27(26,24-15(25)16(19,20)21)23-10-12-6-2-4-8-14(12)18/h1-9,15,25H,10H2,(H2,23,24,26). The fourth-order valence-electron chi connectivity index (χ4n) is 1.92. The average Bonchev–Trinajstić information content (AvgIpc) is 2.60. The Kier molecular flexibility index (Phi) is 7.45. The first-order chi connectivity index (χ1) is 12.6. The molecule has 0 bridgehead atoms. The van der Waals surface area contributed by atoms with Crippen molar-refractivity contribution >= 4 is 37.0 Å². The van der Waals surface area contributed by atoms with Crippen LogP contribution in [0.25, 0.3) is 0 Å². The van der Waals surface area contributed by atoms with Gasteiger partial charge in [-0.1, -0.05) is 59.6 Å². The van der Waals surface area contributed by atoms with Gasteiger partial charge in [0.25, 0.3) is 0 Å². The quantitative estimate of drug-likeness (QED) is 0.329. The Morgan fingerprint density at radius 3 is 2.30 bits per heavy atom. The van der Waals surface area contributed by atoms with Gasteiger partial charge in [0.05, 0.1) is 0 Å². The number of hydrogen-bond donors (Lipinski definition) is 3. The molecule has 0 saturated carbocycles. The Balaban J connectivity index is 2.26. The number of benzene rings is 2. The highest BCUT2D eigenvalue weighted by Gasteiger charge is 2.42. The Morgan fingerprint density at radius 2 is 1.70 bits per heavy atom. The summed E-state index contributed by atoms with van der Waals surface area (Å²) < 4.78 is 54.6. The van der Waals surface area contributed by atoms with Crippen LogP contribution in [0.1, 0.15) is 11.1 Å². The van der Waals surface area contributed by atoms with Crippen LogP contribution in [0.4, 0.5) is 13.2 Å². The molecular weight excluding hydrogens is 425 g/mol. The highest BCUT2D eigenvalue weighted by Crippen LogP contribution is 2.41. The van der Waals surface area contributed by atoms with Crippen LogP contribution >= 0.6 is 30.8 Å². The van der Waals surface area contributed by atoms with E-state index in [4.69, 9.17) is 23.2 Å². The largest absolute Gasteiger partial charge is 0.428 e. The van der Waals surface area contributed by atoms with Crippen molar-refractivity contribution < 1.29 is 22.8 Å². The lowest BCUT2D eigenvalue weighted by Crippen LogP contribution is -2.42. The van der Waals surface area contributed by atoms with Gasteiger partial charge in [-0.3, -0.25) is 4.57 Å². The van der Waals surface area contributed by atoms with E-state index < -0.39 is 20.0 Å². The van der Waals surface area contributed by atoms with Crippen LogP contribution in [0, 0.1) is 0 Å². The van der Waals surface area contributed by atoms with Crippen LogP contribution < -0.4 is 10.2 Å². The summed E-state index contributed by atoms with van der Waals surface area (Å²) in [6.45, 7) is -0.144. The Morgan fingerprint density at radius 1 is 1.11 bits per heavy atom. The lowest BCUT2D eigenvalue weighted by molar-refractivity contribution is -0.207. The summed E-state index contributed by atoms with van der Waals surface area (Å²) >= 11 is 11.9. The summed E-state index contributed by atoms with van der Waals surface area (Å²) in [6.07, 6.45) is -6.99. The van der Waals surface area contributed by atoms with Crippen molar-refractivity contribution in [3.63, 3.8) is 0 Å². The first-order valence-corrected chi connectivity index (χ1v) is 9.93. The second-order valence-corrected chi connectivity index (χ2v) is 8.11. The van der Waals surface area contributed by atoms with E-state index >= 15 is 0 Å². The fourth-order valence-corrected chi connectivity index (χ4v) is 3.69. The molecule has 2 atom stereocenters. The van der Waals surface area contributed by atoms with Crippen molar-refractivity contribution in [3.05, 3.63) is 69.7 Å². The van der Waals surface area contributed by atoms with Gasteiger partial charge >= 0.3 is 13.8 Å². The van der Waals surface area contributed by atoms with Crippen LogP contribution in [0.5, 0.6) is 0 Å². The first kappa shape index (κ1) is 21.9. The lowest BCUT2D eigenvalue weighted by Gasteiger charge is -2.22. The SMILES string of the molecule is O=P(N=Cc1ccccc1Cl)(NCc1ccccc1Cl)NC(O)C(F)(F)F. The maximum atomic E-state index is 12.9. The van der Waals surface area contributed by atoms with Crippen molar-refractivity contribution in [2.45, 2.75) is 18.9 Å². The number of rotatable bonds is 7. The van der Waals surface area contributed by atoms with Gasteiger partial charge in [0.2, 0.25) is 6.23 Å². The van der Waals surface area contributed by atoms with Crippen LogP contribution in [0.3, 0.4) is 0 Å². The molecule has 0 heterocycles. The van der Waals surface area contributed by atoms with Gasteiger partial charge in [-0.15, -0.1) is 0 Å². The van der Waals surface area contributed by atoms with E-state index in [1.807, 2.05) is 0 Å². The third kappa shape index (κ3) is 6.60. The summed E-state index contributed by atoms with van der Waals surface area (Å²) in [4.78, 5) is 0. The topological polar surface area (TPSA) is 73.7 Å². The molecule has 2 aromatic carbocycles. The minimum absolute atomic E-state index is 0.144. The molecule has 0 aliphatic heterocycles. The number of nitrogens with zero attached hydrogens (tertiary/aromatic N) is 1. The molecule has 0 aliphatic carbocycles. The molecule has 2 rings (SSSR count). The lowest BCUT2D eigenvalue weighted by atomic mass is 10.2. The second kappa shape index (κ2) is 9.19.